The summed E-state index contributed by atoms with van der Waals surface area (Å²) in [5.41, 5.74) is 1.52. The highest BCUT2D eigenvalue weighted by Gasteiger charge is 2.08. The molecule has 0 fully saturated rings. The molecule has 0 aliphatic heterocycles. The van der Waals surface area contributed by atoms with Crippen molar-refractivity contribution in [2.45, 2.75) is 39.9 Å². The molecule has 0 aliphatic rings. The smallest absolute Gasteiger partial charge is 0.313 e. The lowest BCUT2D eigenvalue weighted by molar-refractivity contribution is -0.148. The Hall–Kier alpha value is -2.50. The number of rotatable bonds is 8. The molecule has 0 amide bonds. The fourth-order valence-corrected chi connectivity index (χ4v) is 1.57. The number of hydrogen-bond acceptors (Lipinski definition) is 6. The van der Waals surface area contributed by atoms with Crippen LogP contribution in [0.3, 0.4) is 0 Å². The van der Waals surface area contributed by atoms with Gasteiger partial charge >= 0.3 is 11.9 Å². The first-order valence-electron chi connectivity index (χ1n) is 6.74. The number of carbonyl (C=O) groups is 4. The molecule has 0 N–H and O–H groups in total. The standard InChI is InChI=1S/C16H18O6/c1-11(17)7-15(19)21-9-13-3-5-14(6-4-13)10-22-16(20)8-12(2)18/h3-6H,7-10H2,1-2H3. The quantitative estimate of drug-likeness (QED) is 0.537. The highest BCUT2D eigenvalue weighted by atomic mass is 16.5. The average Bonchev–Trinajstić information content (AvgIpc) is 2.42. The summed E-state index contributed by atoms with van der Waals surface area (Å²) in [6.07, 6.45) is -0.464. The Morgan fingerprint density at radius 3 is 1.32 bits per heavy atom. The van der Waals surface area contributed by atoms with E-state index in [9.17, 15) is 19.2 Å². The second-order valence-corrected chi connectivity index (χ2v) is 4.90. The summed E-state index contributed by atoms with van der Waals surface area (Å²) in [6.45, 7) is 2.81. The van der Waals surface area contributed by atoms with Gasteiger partial charge in [0.25, 0.3) is 0 Å². The van der Waals surface area contributed by atoms with Crippen LogP contribution in [0.15, 0.2) is 24.3 Å². The minimum absolute atomic E-state index is 0.0799. The van der Waals surface area contributed by atoms with Crippen LogP contribution >= 0.6 is 0 Å². The molecule has 0 aromatic heterocycles. The van der Waals surface area contributed by atoms with Crippen molar-refractivity contribution in [3.05, 3.63) is 35.4 Å². The Morgan fingerprint density at radius 2 is 1.05 bits per heavy atom. The number of hydrogen-bond donors (Lipinski definition) is 0. The predicted molar refractivity (Wildman–Crippen MR) is 76.6 cm³/mol. The fraction of sp³-hybridized carbons (Fsp3) is 0.375. The van der Waals surface area contributed by atoms with Crippen molar-refractivity contribution >= 4 is 23.5 Å². The van der Waals surface area contributed by atoms with E-state index >= 15 is 0 Å². The van der Waals surface area contributed by atoms with Crippen LogP contribution in [0, 0.1) is 0 Å². The molecule has 118 valence electrons. The van der Waals surface area contributed by atoms with Crippen molar-refractivity contribution in [2.75, 3.05) is 0 Å². The predicted octanol–water partition coefficient (Wildman–Crippen LogP) is 1.73. The largest absolute Gasteiger partial charge is 0.460 e. The van der Waals surface area contributed by atoms with Gasteiger partial charge in [0, 0.05) is 0 Å². The molecule has 6 nitrogen and oxygen atoms in total. The Bertz CT molecular complexity index is 508. The van der Waals surface area contributed by atoms with Crippen molar-refractivity contribution in [1.29, 1.82) is 0 Å². The maximum atomic E-state index is 11.2. The van der Waals surface area contributed by atoms with Gasteiger partial charge < -0.3 is 9.47 Å². The molecule has 0 unspecified atom stereocenters. The maximum absolute atomic E-state index is 11.2. The summed E-state index contributed by atoms with van der Waals surface area (Å²) in [7, 11) is 0. The SMILES string of the molecule is CC(=O)CC(=O)OCc1ccc(COC(=O)CC(C)=O)cc1. The molecule has 0 bridgehead atoms. The summed E-state index contributed by atoms with van der Waals surface area (Å²) in [4.78, 5) is 43.9. The molecule has 6 heteroatoms. The van der Waals surface area contributed by atoms with Crippen molar-refractivity contribution in [3.8, 4) is 0 Å². The van der Waals surface area contributed by atoms with Gasteiger partial charge in [0.15, 0.2) is 0 Å². The molecule has 0 saturated carbocycles. The van der Waals surface area contributed by atoms with Crippen LogP contribution in [-0.4, -0.2) is 23.5 Å². The van der Waals surface area contributed by atoms with Gasteiger partial charge in [0.1, 0.15) is 37.6 Å². The van der Waals surface area contributed by atoms with E-state index < -0.39 is 11.9 Å². The van der Waals surface area contributed by atoms with Gasteiger partial charge in [0.2, 0.25) is 0 Å². The minimum atomic E-state index is -0.560. The summed E-state index contributed by atoms with van der Waals surface area (Å²) in [6, 6.07) is 6.93. The Balaban J connectivity index is 2.39. The number of Topliss-reactive ketones (excluding diaryl/α,β-unsaturated/α-hetero) is 2. The Kier molecular flexibility index (Phi) is 6.95. The molecular weight excluding hydrogens is 288 g/mol. The monoisotopic (exact) mass is 306 g/mol. The second-order valence-electron chi connectivity index (χ2n) is 4.90. The molecule has 0 aliphatic carbocycles. The molecule has 0 radical (unpaired) electrons. The van der Waals surface area contributed by atoms with Crippen molar-refractivity contribution in [2.24, 2.45) is 0 Å². The van der Waals surface area contributed by atoms with E-state index in [0.29, 0.717) is 0 Å². The topological polar surface area (TPSA) is 86.7 Å². The van der Waals surface area contributed by atoms with E-state index in [-0.39, 0.29) is 37.6 Å². The van der Waals surface area contributed by atoms with Crippen LogP contribution in [0.25, 0.3) is 0 Å². The highest BCUT2D eigenvalue weighted by molar-refractivity contribution is 5.94. The van der Waals surface area contributed by atoms with Gasteiger partial charge in [-0.2, -0.15) is 0 Å². The van der Waals surface area contributed by atoms with E-state index in [1.807, 2.05) is 0 Å². The highest BCUT2D eigenvalue weighted by Crippen LogP contribution is 2.08. The van der Waals surface area contributed by atoms with Gasteiger partial charge in [-0.15, -0.1) is 0 Å². The molecule has 1 aromatic rings. The lowest BCUT2D eigenvalue weighted by atomic mass is 10.1. The zero-order valence-corrected chi connectivity index (χ0v) is 12.6. The van der Waals surface area contributed by atoms with Crippen molar-refractivity contribution in [3.63, 3.8) is 0 Å². The summed E-state index contributed by atoms with van der Waals surface area (Å²) in [5.74, 6) is -1.61. The van der Waals surface area contributed by atoms with Gasteiger partial charge in [-0.25, -0.2) is 0 Å². The van der Waals surface area contributed by atoms with Crippen LogP contribution in [0.1, 0.15) is 37.8 Å². The van der Waals surface area contributed by atoms with Crippen molar-refractivity contribution < 1.29 is 28.7 Å². The number of ether oxygens (including phenoxy) is 2. The first kappa shape index (κ1) is 17.6. The molecular formula is C16H18O6. The third-order valence-electron chi connectivity index (χ3n) is 2.61. The van der Waals surface area contributed by atoms with E-state index in [4.69, 9.17) is 9.47 Å². The molecule has 0 saturated heterocycles. The van der Waals surface area contributed by atoms with E-state index in [2.05, 4.69) is 0 Å². The van der Waals surface area contributed by atoms with Crippen LogP contribution in [0.2, 0.25) is 0 Å². The maximum Gasteiger partial charge on any atom is 0.313 e. The summed E-state index contributed by atoms with van der Waals surface area (Å²) >= 11 is 0. The second kappa shape index (κ2) is 8.71. The van der Waals surface area contributed by atoms with Crippen LogP contribution in [0.4, 0.5) is 0 Å². The number of carbonyl (C=O) groups excluding carboxylic acids is 4. The minimum Gasteiger partial charge on any atom is -0.460 e. The van der Waals surface area contributed by atoms with E-state index in [1.54, 1.807) is 24.3 Å². The Morgan fingerprint density at radius 1 is 0.727 bits per heavy atom. The molecule has 0 heterocycles. The van der Waals surface area contributed by atoms with Gasteiger partial charge in [-0.05, 0) is 25.0 Å². The van der Waals surface area contributed by atoms with E-state index in [0.717, 1.165) is 11.1 Å². The van der Waals surface area contributed by atoms with Crippen LogP contribution in [0.5, 0.6) is 0 Å². The zero-order valence-electron chi connectivity index (χ0n) is 12.6. The fourth-order valence-electron chi connectivity index (χ4n) is 1.57. The number of ketones is 2. The summed E-state index contributed by atoms with van der Waals surface area (Å²) in [5, 5.41) is 0. The van der Waals surface area contributed by atoms with Crippen LogP contribution in [-0.2, 0) is 41.9 Å². The normalized spacial score (nSPS) is 9.91. The Labute approximate surface area is 128 Å². The number of esters is 2. The lowest BCUT2D eigenvalue weighted by Crippen LogP contribution is -2.09. The molecule has 22 heavy (non-hydrogen) atoms. The summed E-state index contributed by atoms with van der Waals surface area (Å²) < 4.78 is 9.88. The third kappa shape index (κ3) is 7.33. The first-order valence-corrected chi connectivity index (χ1v) is 6.74. The molecule has 0 atom stereocenters. The van der Waals surface area contributed by atoms with Crippen molar-refractivity contribution in [1.82, 2.24) is 0 Å². The average molecular weight is 306 g/mol. The zero-order chi connectivity index (χ0) is 16.5. The molecule has 0 spiro atoms. The third-order valence-corrected chi connectivity index (χ3v) is 2.61. The van der Waals surface area contributed by atoms with Gasteiger partial charge in [-0.3, -0.25) is 19.2 Å². The molecule has 1 rings (SSSR count). The van der Waals surface area contributed by atoms with Gasteiger partial charge in [-0.1, -0.05) is 24.3 Å². The first-order chi connectivity index (χ1) is 10.4. The van der Waals surface area contributed by atoms with Gasteiger partial charge in [0.05, 0.1) is 0 Å². The number of benzene rings is 1. The van der Waals surface area contributed by atoms with E-state index in [1.165, 1.54) is 13.8 Å². The lowest BCUT2D eigenvalue weighted by Gasteiger charge is -2.06. The van der Waals surface area contributed by atoms with Crippen LogP contribution < -0.4 is 0 Å². The molecule has 1 aromatic carbocycles.